The van der Waals surface area contributed by atoms with Crippen molar-refractivity contribution in [2.75, 3.05) is 24.5 Å². The zero-order valence-electron chi connectivity index (χ0n) is 10.1. The molecule has 2 fully saturated rings. The second kappa shape index (κ2) is 4.26. The number of piperazine rings is 1. The molecule has 2 bridgehead atoms. The minimum Gasteiger partial charge on any atom is -0.363 e. The van der Waals surface area contributed by atoms with Gasteiger partial charge in [0, 0.05) is 43.1 Å². The summed E-state index contributed by atoms with van der Waals surface area (Å²) in [7, 11) is 0. The van der Waals surface area contributed by atoms with Gasteiger partial charge in [-0.25, -0.2) is 4.98 Å². The van der Waals surface area contributed by atoms with E-state index in [0.717, 1.165) is 25.3 Å². The number of hydrogen-bond acceptors (Lipinski definition) is 3. The third-order valence-electron chi connectivity index (χ3n) is 4.01. The molecule has 0 aromatic carbocycles. The minimum atomic E-state index is -0.375. The Kier molecular flexibility index (Phi) is 2.74. The molecule has 0 amide bonds. The van der Waals surface area contributed by atoms with Gasteiger partial charge in [-0.15, -0.1) is 0 Å². The van der Waals surface area contributed by atoms with E-state index in [-0.39, 0.29) is 5.95 Å². The summed E-state index contributed by atoms with van der Waals surface area (Å²) in [5, 5.41) is 0. The molecule has 1 aromatic heterocycles. The molecule has 2 atom stereocenters. The van der Waals surface area contributed by atoms with Crippen LogP contribution in [0.5, 0.6) is 0 Å². The number of nitrogens with zero attached hydrogens (tertiary/aromatic N) is 3. The first kappa shape index (κ1) is 11.0. The number of likely N-dealkylation sites (N-methyl/N-ethyl adjacent to an activating group) is 1. The molecule has 0 N–H and O–H groups in total. The van der Waals surface area contributed by atoms with E-state index in [1.807, 2.05) is 6.07 Å². The smallest absolute Gasteiger partial charge is 0.214 e. The molecule has 2 saturated heterocycles. The van der Waals surface area contributed by atoms with Crippen LogP contribution in [0.4, 0.5) is 10.1 Å². The fourth-order valence-electron chi connectivity index (χ4n) is 3.22. The van der Waals surface area contributed by atoms with Gasteiger partial charge in [0.2, 0.25) is 5.95 Å². The van der Waals surface area contributed by atoms with Crippen molar-refractivity contribution in [2.24, 2.45) is 0 Å². The van der Waals surface area contributed by atoms with Crippen molar-refractivity contribution >= 4 is 5.69 Å². The Morgan fingerprint density at radius 2 is 2.06 bits per heavy atom. The lowest BCUT2D eigenvalue weighted by atomic mass is 10.1. The lowest BCUT2D eigenvalue weighted by Crippen LogP contribution is -2.53. The van der Waals surface area contributed by atoms with Gasteiger partial charge in [-0.05, 0) is 25.5 Å². The predicted octanol–water partition coefficient (Wildman–Crippen LogP) is 1.89. The van der Waals surface area contributed by atoms with Crippen LogP contribution in [0.15, 0.2) is 18.3 Å². The Labute approximate surface area is 101 Å². The summed E-state index contributed by atoms with van der Waals surface area (Å²) in [5.74, 6) is -0.375. The topological polar surface area (TPSA) is 19.4 Å². The average molecular weight is 235 g/mol. The van der Waals surface area contributed by atoms with Gasteiger partial charge in [0.15, 0.2) is 0 Å². The summed E-state index contributed by atoms with van der Waals surface area (Å²) in [6.45, 7) is 5.54. The van der Waals surface area contributed by atoms with Crippen LogP contribution in [-0.2, 0) is 0 Å². The van der Waals surface area contributed by atoms with Gasteiger partial charge in [-0.2, -0.15) is 4.39 Å². The van der Waals surface area contributed by atoms with Gasteiger partial charge < -0.3 is 4.90 Å². The Morgan fingerprint density at radius 3 is 2.65 bits per heavy atom. The highest BCUT2D eigenvalue weighted by Gasteiger charge is 2.39. The molecule has 3 rings (SSSR count). The van der Waals surface area contributed by atoms with Crippen LogP contribution in [-0.4, -0.2) is 41.6 Å². The molecule has 0 radical (unpaired) electrons. The lowest BCUT2D eigenvalue weighted by Gasteiger charge is -2.42. The number of hydrogen-bond donors (Lipinski definition) is 0. The molecular weight excluding hydrogens is 217 g/mol. The largest absolute Gasteiger partial charge is 0.363 e. The summed E-state index contributed by atoms with van der Waals surface area (Å²) in [5.41, 5.74) is 1.00. The van der Waals surface area contributed by atoms with Crippen LogP contribution in [0, 0.1) is 5.95 Å². The number of aromatic nitrogens is 1. The van der Waals surface area contributed by atoms with Gasteiger partial charge in [0.25, 0.3) is 0 Å². The lowest BCUT2D eigenvalue weighted by molar-refractivity contribution is 0.230. The molecule has 1 aromatic rings. The van der Waals surface area contributed by atoms with Gasteiger partial charge in [-0.3, -0.25) is 4.90 Å². The van der Waals surface area contributed by atoms with Crippen LogP contribution in [0.2, 0.25) is 0 Å². The number of rotatable bonds is 2. The molecule has 2 aliphatic heterocycles. The van der Waals surface area contributed by atoms with E-state index in [1.54, 1.807) is 12.3 Å². The number of likely N-dealkylation sites (tertiary alicyclic amines) is 1. The first-order chi connectivity index (χ1) is 8.28. The van der Waals surface area contributed by atoms with Crippen LogP contribution >= 0.6 is 0 Å². The van der Waals surface area contributed by atoms with E-state index < -0.39 is 0 Å². The molecule has 3 nitrogen and oxygen atoms in total. The van der Waals surface area contributed by atoms with Crippen molar-refractivity contribution in [3.8, 4) is 0 Å². The number of anilines is 1. The molecule has 0 saturated carbocycles. The zero-order chi connectivity index (χ0) is 11.8. The first-order valence-corrected chi connectivity index (χ1v) is 6.40. The van der Waals surface area contributed by atoms with Gasteiger partial charge in [-0.1, -0.05) is 6.92 Å². The third-order valence-corrected chi connectivity index (χ3v) is 4.01. The maximum Gasteiger partial charge on any atom is 0.214 e. The summed E-state index contributed by atoms with van der Waals surface area (Å²) in [6, 6.07) is 4.59. The second-order valence-electron chi connectivity index (χ2n) is 4.98. The van der Waals surface area contributed by atoms with Gasteiger partial charge in [0.05, 0.1) is 0 Å². The highest BCUT2D eigenvalue weighted by atomic mass is 19.1. The second-order valence-corrected chi connectivity index (χ2v) is 4.98. The molecular formula is C13H18FN3. The summed E-state index contributed by atoms with van der Waals surface area (Å²) < 4.78 is 13.2. The van der Waals surface area contributed by atoms with Crippen LogP contribution < -0.4 is 4.90 Å². The Balaban J connectivity index is 1.86. The predicted molar refractivity (Wildman–Crippen MR) is 65.6 cm³/mol. The average Bonchev–Trinajstić information content (AvgIpc) is 2.60. The summed E-state index contributed by atoms with van der Waals surface area (Å²) in [4.78, 5) is 8.53. The van der Waals surface area contributed by atoms with E-state index in [0.29, 0.717) is 12.1 Å². The van der Waals surface area contributed by atoms with Crippen molar-refractivity contribution in [3.05, 3.63) is 24.3 Å². The summed E-state index contributed by atoms with van der Waals surface area (Å²) >= 11 is 0. The Hall–Kier alpha value is -1.16. The summed E-state index contributed by atoms with van der Waals surface area (Å²) in [6.07, 6.45) is 4.02. The number of pyridine rings is 1. The van der Waals surface area contributed by atoms with E-state index in [9.17, 15) is 4.39 Å². The van der Waals surface area contributed by atoms with Crippen molar-refractivity contribution in [1.29, 1.82) is 0 Å². The van der Waals surface area contributed by atoms with Crippen molar-refractivity contribution < 1.29 is 4.39 Å². The molecule has 0 spiro atoms. The SMILES string of the molecule is CCN1CC2CCC(C1)N2c1ccnc(F)c1. The standard InChI is InChI=1S/C13H18FN3/c1-2-16-8-11-3-4-12(9-16)17(11)10-5-6-15-13(14)7-10/h5-7,11-12H,2-4,8-9H2,1H3. The Morgan fingerprint density at radius 1 is 1.35 bits per heavy atom. The van der Waals surface area contributed by atoms with Crippen LogP contribution in [0.3, 0.4) is 0 Å². The highest BCUT2D eigenvalue weighted by Crippen LogP contribution is 2.34. The van der Waals surface area contributed by atoms with Gasteiger partial charge in [0.1, 0.15) is 0 Å². The van der Waals surface area contributed by atoms with E-state index >= 15 is 0 Å². The monoisotopic (exact) mass is 235 g/mol. The first-order valence-electron chi connectivity index (χ1n) is 6.40. The molecule has 2 aliphatic rings. The van der Waals surface area contributed by atoms with Crippen molar-refractivity contribution in [3.63, 3.8) is 0 Å². The molecule has 17 heavy (non-hydrogen) atoms. The molecule has 92 valence electrons. The fourth-order valence-corrected chi connectivity index (χ4v) is 3.22. The van der Waals surface area contributed by atoms with Crippen LogP contribution in [0.1, 0.15) is 19.8 Å². The molecule has 3 heterocycles. The van der Waals surface area contributed by atoms with Crippen molar-refractivity contribution in [1.82, 2.24) is 9.88 Å². The van der Waals surface area contributed by atoms with E-state index in [2.05, 4.69) is 21.7 Å². The minimum absolute atomic E-state index is 0.375. The normalized spacial score (nSPS) is 28.7. The maximum absolute atomic E-state index is 13.2. The number of halogens is 1. The van der Waals surface area contributed by atoms with E-state index in [1.165, 1.54) is 12.8 Å². The molecule has 0 aliphatic carbocycles. The third kappa shape index (κ3) is 1.90. The van der Waals surface area contributed by atoms with Crippen molar-refractivity contribution in [2.45, 2.75) is 31.8 Å². The molecule has 4 heteroatoms. The highest BCUT2D eigenvalue weighted by molar-refractivity contribution is 5.49. The quantitative estimate of drug-likeness (QED) is 0.730. The van der Waals surface area contributed by atoms with E-state index in [4.69, 9.17) is 0 Å². The van der Waals surface area contributed by atoms with Crippen LogP contribution in [0.25, 0.3) is 0 Å². The maximum atomic E-state index is 13.2. The van der Waals surface area contributed by atoms with Gasteiger partial charge >= 0.3 is 0 Å². The fraction of sp³-hybridized carbons (Fsp3) is 0.615. The Bertz CT molecular complexity index is 395. The zero-order valence-corrected chi connectivity index (χ0v) is 10.1. The molecule has 2 unspecified atom stereocenters. The number of fused-ring (bicyclic) bond motifs is 2.